The Kier molecular flexibility index (Phi) is 5.12. The Morgan fingerprint density at radius 3 is 2.61 bits per heavy atom. The minimum absolute atomic E-state index is 0.114. The predicted molar refractivity (Wildman–Crippen MR) is 112 cm³/mol. The van der Waals surface area contributed by atoms with Gasteiger partial charge in [0.05, 0.1) is 5.25 Å². The lowest BCUT2D eigenvalue weighted by atomic mass is 10.1. The molecule has 0 bridgehead atoms. The van der Waals surface area contributed by atoms with Crippen molar-refractivity contribution >= 4 is 34.1 Å². The van der Waals surface area contributed by atoms with Crippen molar-refractivity contribution in [1.82, 2.24) is 10.2 Å². The summed E-state index contributed by atoms with van der Waals surface area (Å²) in [5.41, 5.74) is 2.75. The normalized spacial score (nSPS) is 12.1. The predicted octanol–water partition coefficient (Wildman–Crippen LogP) is 5.32. The summed E-state index contributed by atoms with van der Waals surface area (Å²) in [5, 5.41) is 13.3. The highest BCUT2D eigenvalue weighted by Gasteiger charge is 2.20. The molecular weight excluding hydrogens is 370 g/mol. The number of carbonyl (C=O) groups excluding carboxylic acids is 1. The molecule has 1 heterocycles. The first kappa shape index (κ1) is 18.3. The maximum Gasteiger partial charge on any atom is 0.277 e. The van der Waals surface area contributed by atoms with Crippen molar-refractivity contribution < 1.29 is 9.21 Å². The van der Waals surface area contributed by atoms with E-state index in [1.807, 2.05) is 80.6 Å². The number of nitrogens with one attached hydrogen (secondary N) is 1. The van der Waals surface area contributed by atoms with Gasteiger partial charge in [0.2, 0.25) is 11.8 Å². The smallest absolute Gasteiger partial charge is 0.277 e. The minimum Gasteiger partial charge on any atom is -0.411 e. The topological polar surface area (TPSA) is 68.0 Å². The molecule has 0 radical (unpaired) electrons. The SMILES string of the molecule is Cc1ccccc1-c1nnc(S[C@H](C)C(=O)Nc2cccc3ccccc23)o1. The summed E-state index contributed by atoms with van der Waals surface area (Å²) >= 11 is 1.25. The van der Waals surface area contributed by atoms with Gasteiger partial charge in [0.15, 0.2) is 0 Å². The first-order chi connectivity index (χ1) is 13.6. The number of thioether (sulfide) groups is 1. The molecule has 0 saturated heterocycles. The lowest BCUT2D eigenvalue weighted by molar-refractivity contribution is -0.115. The van der Waals surface area contributed by atoms with Crippen LogP contribution in [0.25, 0.3) is 22.2 Å². The number of aromatic nitrogens is 2. The highest BCUT2D eigenvalue weighted by atomic mass is 32.2. The van der Waals surface area contributed by atoms with Crippen molar-refractivity contribution in [3.63, 3.8) is 0 Å². The first-order valence-corrected chi connectivity index (χ1v) is 9.84. The van der Waals surface area contributed by atoms with Gasteiger partial charge in [-0.15, -0.1) is 10.2 Å². The number of rotatable bonds is 5. The largest absolute Gasteiger partial charge is 0.411 e. The maximum absolute atomic E-state index is 12.7. The molecule has 140 valence electrons. The number of anilines is 1. The molecule has 6 heteroatoms. The Balaban J connectivity index is 1.47. The zero-order valence-corrected chi connectivity index (χ0v) is 16.4. The molecule has 1 amide bonds. The molecule has 28 heavy (non-hydrogen) atoms. The second kappa shape index (κ2) is 7.86. The molecule has 4 aromatic rings. The summed E-state index contributed by atoms with van der Waals surface area (Å²) in [7, 11) is 0. The van der Waals surface area contributed by atoms with Crippen LogP contribution in [0.5, 0.6) is 0 Å². The van der Waals surface area contributed by atoms with Gasteiger partial charge in [-0.1, -0.05) is 66.4 Å². The first-order valence-electron chi connectivity index (χ1n) is 8.96. The Hall–Kier alpha value is -3.12. The number of nitrogens with zero attached hydrogens (tertiary/aromatic N) is 2. The van der Waals surface area contributed by atoms with Gasteiger partial charge in [0, 0.05) is 16.6 Å². The van der Waals surface area contributed by atoms with Crippen LogP contribution in [0.3, 0.4) is 0 Å². The van der Waals surface area contributed by atoms with Crippen LogP contribution in [0, 0.1) is 6.92 Å². The summed E-state index contributed by atoms with van der Waals surface area (Å²) in [6.07, 6.45) is 0. The second-order valence-electron chi connectivity index (χ2n) is 6.46. The third kappa shape index (κ3) is 3.77. The average molecular weight is 389 g/mol. The van der Waals surface area contributed by atoms with Crippen LogP contribution in [0.15, 0.2) is 76.4 Å². The number of fused-ring (bicyclic) bond motifs is 1. The fraction of sp³-hybridized carbons (Fsp3) is 0.136. The molecule has 4 rings (SSSR count). The van der Waals surface area contributed by atoms with E-state index >= 15 is 0 Å². The van der Waals surface area contributed by atoms with Crippen LogP contribution in [0.4, 0.5) is 5.69 Å². The third-order valence-corrected chi connectivity index (χ3v) is 5.41. The molecule has 0 saturated carbocycles. The summed E-state index contributed by atoms with van der Waals surface area (Å²) < 4.78 is 5.75. The molecule has 0 aliphatic carbocycles. The highest BCUT2D eigenvalue weighted by Crippen LogP contribution is 2.29. The minimum atomic E-state index is -0.385. The van der Waals surface area contributed by atoms with Gasteiger partial charge in [0.1, 0.15) is 0 Å². The van der Waals surface area contributed by atoms with E-state index < -0.39 is 0 Å². The van der Waals surface area contributed by atoms with E-state index in [4.69, 9.17) is 4.42 Å². The van der Waals surface area contributed by atoms with Crippen LogP contribution in [-0.4, -0.2) is 21.4 Å². The molecule has 0 spiro atoms. The highest BCUT2D eigenvalue weighted by molar-refractivity contribution is 8.00. The number of hydrogen-bond donors (Lipinski definition) is 1. The fourth-order valence-electron chi connectivity index (χ4n) is 2.95. The van der Waals surface area contributed by atoms with E-state index in [9.17, 15) is 4.79 Å². The Morgan fingerprint density at radius 1 is 1.00 bits per heavy atom. The summed E-state index contributed by atoms with van der Waals surface area (Å²) in [6.45, 7) is 3.81. The van der Waals surface area contributed by atoms with Crippen LogP contribution in [-0.2, 0) is 4.79 Å². The van der Waals surface area contributed by atoms with Gasteiger partial charge in [-0.25, -0.2) is 0 Å². The molecular formula is C22H19N3O2S. The van der Waals surface area contributed by atoms with Crippen molar-refractivity contribution in [1.29, 1.82) is 0 Å². The number of carbonyl (C=O) groups is 1. The molecule has 0 unspecified atom stereocenters. The quantitative estimate of drug-likeness (QED) is 0.468. The van der Waals surface area contributed by atoms with Crippen LogP contribution in [0.1, 0.15) is 12.5 Å². The van der Waals surface area contributed by atoms with Gasteiger partial charge in [-0.3, -0.25) is 4.79 Å². The monoisotopic (exact) mass is 389 g/mol. The zero-order valence-electron chi connectivity index (χ0n) is 15.5. The Labute approximate surface area is 167 Å². The van der Waals surface area contributed by atoms with E-state index in [1.54, 1.807) is 0 Å². The van der Waals surface area contributed by atoms with Crippen LogP contribution < -0.4 is 5.32 Å². The van der Waals surface area contributed by atoms with Crippen molar-refractivity contribution in [2.45, 2.75) is 24.3 Å². The molecule has 0 fully saturated rings. The third-order valence-electron chi connectivity index (χ3n) is 4.48. The van der Waals surface area contributed by atoms with E-state index in [0.717, 1.165) is 27.6 Å². The molecule has 1 aromatic heterocycles. The Morgan fingerprint density at radius 2 is 1.75 bits per heavy atom. The number of aryl methyl sites for hydroxylation is 1. The molecule has 0 aliphatic heterocycles. The van der Waals surface area contributed by atoms with Gasteiger partial charge in [-0.2, -0.15) is 0 Å². The zero-order chi connectivity index (χ0) is 19.5. The fourth-order valence-corrected chi connectivity index (χ4v) is 3.64. The lowest BCUT2D eigenvalue weighted by Gasteiger charge is -2.12. The van der Waals surface area contributed by atoms with Gasteiger partial charge in [-0.05, 0) is 36.9 Å². The molecule has 0 aliphatic rings. The lowest BCUT2D eigenvalue weighted by Crippen LogP contribution is -2.22. The maximum atomic E-state index is 12.7. The van der Waals surface area contributed by atoms with Crippen molar-refractivity contribution in [3.05, 3.63) is 72.3 Å². The number of benzene rings is 3. The van der Waals surface area contributed by atoms with Gasteiger partial charge >= 0.3 is 0 Å². The van der Waals surface area contributed by atoms with Crippen LogP contribution in [0.2, 0.25) is 0 Å². The summed E-state index contributed by atoms with van der Waals surface area (Å²) in [4.78, 5) is 12.7. The standard InChI is InChI=1S/C22H19N3O2S/c1-14-8-3-5-11-17(14)21-24-25-22(27-21)28-15(2)20(26)23-19-13-7-10-16-9-4-6-12-18(16)19/h3-13,15H,1-2H3,(H,23,26)/t15-/m1/s1. The van der Waals surface area contributed by atoms with E-state index in [2.05, 4.69) is 15.5 Å². The van der Waals surface area contributed by atoms with Crippen molar-refractivity contribution in [2.24, 2.45) is 0 Å². The van der Waals surface area contributed by atoms with Gasteiger partial charge in [0.25, 0.3) is 5.22 Å². The van der Waals surface area contributed by atoms with Gasteiger partial charge < -0.3 is 9.73 Å². The molecule has 5 nitrogen and oxygen atoms in total. The summed E-state index contributed by atoms with van der Waals surface area (Å²) in [6, 6.07) is 21.6. The molecule has 1 N–H and O–H groups in total. The second-order valence-corrected chi connectivity index (χ2v) is 7.76. The van der Waals surface area contributed by atoms with E-state index in [0.29, 0.717) is 11.1 Å². The van der Waals surface area contributed by atoms with Crippen molar-refractivity contribution in [3.8, 4) is 11.5 Å². The molecule has 1 atom stereocenters. The van der Waals surface area contributed by atoms with E-state index in [-0.39, 0.29) is 11.2 Å². The number of amides is 1. The number of hydrogen-bond acceptors (Lipinski definition) is 5. The van der Waals surface area contributed by atoms with Crippen LogP contribution >= 0.6 is 11.8 Å². The van der Waals surface area contributed by atoms with E-state index in [1.165, 1.54) is 11.8 Å². The van der Waals surface area contributed by atoms with Crippen molar-refractivity contribution in [2.75, 3.05) is 5.32 Å². The average Bonchev–Trinajstić information content (AvgIpc) is 3.16. The molecule has 3 aromatic carbocycles. The Bertz CT molecular complexity index is 1130. The summed E-state index contributed by atoms with van der Waals surface area (Å²) in [5.74, 6) is 0.347.